The molecular weight excluding hydrogens is 200 g/mol. The molecule has 1 aromatic carbocycles. The summed E-state index contributed by atoms with van der Waals surface area (Å²) in [6.07, 6.45) is -0.657. The average molecular weight is 212 g/mol. The van der Waals surface area contributed by atoms with Gasteiger partial charge in [-0.2, -0.15) is 0 Å². The highest BCUT2D eigenvalue weighted by Gasteiger charge is 2.08. The Morgan fingerprint density at radius 2 is 2.21 bits per heavy atom. The second-order valence-corrected chi connectivity index (χ2v) is 3.62. The van der Waals surface area contributed by atoms with Crippen LogP contribution in [0.25, 0.3) is 0 Å². The summed E-state index contributed by atoms with van der Waals surface area (Å²) < 4.78 is 0. The topological polar surface area (TPSA) is 57.5 Å². The summed E-state index contributed by atoms with van der Waals surface area (Å²) in [7, 11) is 0. The van der Waals surface area contributed by atoms with Crippen LogP contribution in [-0.4, -0.2) is 16.2 Å². The molecule has 0 aliphatic rings. The van der Waals surface area contributed by atoms with Crippen LogP contribution in [-0.2, 0) is 11.2 Å². The molecule has 1 unspecified atom stereocenters. The zero-order valence-corrected chi connectivity index (χ0v) is 8.66. The highest BCUT2D eigenvalue weighted by Crippen LogP contribution is 2.20. The molecule has 2 N–H and O–H groups in total. The van der Waals surface area contributed by atoms with Crippen LogP contribution in [0.4, 0.5) is 0 Å². The molecule has 0 amide bonds. The number of thiol groups is 1. The van der Waals surface area contributed by atoms with Crippen molar-refractivity contribution in [3.05, 3.63) is 29.3 Å². The third-order valence-corrected chi connectivity index (χ3v) is 2.36. The number of carboxylic acids is 1. The van der Waals surface area contributed by atoms with Crippen molar-refractivity contribution in [1.29, 1.82) is 0 Å². The minimum absolute atomic E-state index is 0.0700. The summed E-state index contributed by atoms with van der Waals surface area (Å²) >= 11 is 4.14. The molecular formula is C10H12O3S. The number of aliphatic hydroxyl groups excluding tert-OH is 1. The highest BCUT2D eigenvalue weighted by molar-refractivity contribution is 7.80. The summed E-state index contributed by atoms with van der Waals surface area (Å²) in [6.45, 7) is 1.64. The van der Waals surface area contributed by atoms with E-state index < -0.39 is 12.1 Å². The Morgan fingerprint density at radius 1 is 1.57 bits per heavy atom. The second kappa shape index (κ2) is 4.48. The van der Waals surface area contributed by atoms with Gasteiger partial charge in [0.25, 0.3) is 0 Å². The van der Waals surface area contributed by atoms with Crippen molar-refractivity contribution in [1.82, 2.24) is 0 Å². The van der Waals surface area contributed by atoms with E-state index in [1.54, 1.807) is 25.1 Å². The first-order valence-corrected chi connectivity index (χ1v) is 4.67. The van der Waals surface area contributed by atoms with Gasteiger partial charge in [-0.25, -0.2) is 0 Å². The standard InChI is InChI=1S/C10H12O3S/c1-6(11)7-2-3-9(14)8(4-7)5-10(12)13/h2-4,6,11,14H,5H2,1H3,(H,12,13). The van der Waals surface area contributed by atoms with Crippen molar-refractivity contribution < 1.29 is 15.0 Å². The Balaban J connectivity index is 3.02. The van der Waals surface area contributed by atoms with E-state index in [1.165, 1.54) is 0 Å². The molecule has 1 aromatic rings. The normalized spacial score (nSPS) is 12.5. The minimum Gasteiger partial charge on any atom is -0.481 e. The predicted molar refractivity (Wildman–Crippen MR) is 55.7 cm³/mol. The van der Waals surface area contributed by atoms with E-state index in [2.05, 4.69) is 12.6 Å². The fourth-order valence-electron chi connectivity index (χ4n) is 1.17. The number of aliphatic hydroxyl groups is 1. The lowest BCUT2D eigenvalue weighted by Gasteiger charge is -2.08. The van der Waals surface area contributed by atoms with Crippen LogP contribution < -0.4 is 0 Å². The Bertz CT molecular complexity index is 347. The Kier molecular flexibility index (Phi) is 3.55. The predicted octanol–water partition coefficient (Wildman–Crippen LogP) is 1.66. The van der Waals surface area contributed by atoms with E-state index in [0.717, 1.165) is 0 Å². The minimum atomic E-state index is -0.900. The van der Waals surface area contributed by atoms with Crippen molar-refractivity contribution in [2.45, 2.75) is 24.3 Å². The molecule has 0 bridgehead atoms. The molecule has 0 fully saturated rings. The van der Waals surface area contributed by atoms with E-state index in [4.69, 9.17) is 5.11 Å². The van der Waals surface area contributed by atoms with Crippen molar-refractivity contribution in [2.24, 2.45) is 0 Å². The van der Waals surface area contributed by atoms with Crippen LogP contribution in [0.15, 0.2) is 23.1 Å². The molecule has 0 saturated heterocycles. The Morgan fingerprint density at radius 3 is 2.71 bits per heavy atom. The van der Waals surface area contributed by atoms with Gasteiger partial charge in [-0.1, -0.05) is 12.1 Å². The van der Waals surface area contributed by atoms with E-state index in [-0.39, 0.29) is 6.42 Å². The first-order chi connectivity index (χ1) is 6.50. The lowest BCUT2D eigenvalue weighted by Crippen LogP contribution is -2.02. The van der Waals surface area contributed by atoms with E-state index in [0.29, 0.717) is 16.0 Å². The molecule has 4 heteroatoms. The second-order valence-electron chi connectivity index (χ2n) is 3.13. The van der Waals surface area contributed by atoms with Crippen LogP contribution in [0.1, 0.15) is 24.2 Å². The zero-order valence-electron chi connectivity index (χ0n) is 7.77. The lowest BCUT2D eigenvalue weighted by molar-refractivity contribution is -0.136. The lowest BCUT2D eigenvalue weighted by atomic mass is 10.1. The van der Waals surface area contributed by atoms with Gasteiger partial charge in [0.1, 0.15) is 0 Å². The fourth-order valence-corrected chi connectivity index (χ4v) is 1.39. The van der Waals surface area contributed by atoms with Gasteiger partial charge in [-0.05, 0) is 24.1 Å². The summed E-state index contributed by atoms with van der Waals surface area (Å²) in [5, 5.41) is 17.9. The Hall–Kier alpha value is -1.00. The quantitative estimate of drug-likeness (QED) is 0.668. The number of aliphatic carboxylic acids is 1. The maximum Gasteiger partial charge on any atom is 0.307 e. The van der Waals surface area contributed by atoms with Crippen LogP contribution in [0.5, 0.6) is 0 Å². The van der Waals surface area contributed by atoms with Crippen molar-refractivity contribution in [3.63, 3.8) is 0 Å². The SMILES string of the molecule is CC(O)c1ccc(S)c(CC(=O)O)c1. The van der Waals surface area contributed by atoms with Crippen molar-refractivity contribution in [2.75, 3.05) is 0 Å². The van der Waals surface area contributed by atoms with Gasteiger partial charge >= 0.3 is 5.97 Å². The van der Waals surface area contributed by atoms with Gasteiger partial charge in [-0.15, -0.1) is 12.6 Å². The summed E-state index contributed by atoms with van der Waals surface area (Å²) in [6, 6.07) is 5.10. The third kappa shape index (κ3) is 2.75. The van der Waals surface area contributed by atoms with E-state index in [9.17, 15) is 9.90 Å². The van der Waals surface area contributed by atoms with Gasteiger partial charge in [0.2, 0.25) is 0 Å². The number of hydrogen-bond donors (Lipinski definition) is 3. The summed E-state index contributed by atoms with van der Waals surface area (Å²) in [4.78, 5) is 11.1. The van der Waals surface area contributed by atoms with Crippen LogP contribution in [0.3, 0.4) is 0 Å². The molecule has 0 heterocycles. The molecule has 14 heavy (non-hydrogen) atoms. The first kappa shape index (κ1) is 11.1. The van der Waals surface area contributed by atoms with Crippen LogP contribution in [0, 0.1) is 0 Å². The number of rotatable bonds is 3. The van der Waals surface area contributed by atoms with E-state index >= 15 is 0 Å². The molecule has 0 aromatic heterocycles. The molecule has 0 spiro atoms. The highest BCUT2D eigenvalue weighted by atomic mass is 32.1. The molecule has 0 radical (unpaired) electrons. The van der Waals surface area contributed by atoms with Gasteiger partial charge in [0.05, 0.1) is 12.5 Å². The zero-order chi connectivity index (χ0) is 10.7. The molecule has 0 aliphatic heterocycles. The van der Waals surface area contributed by atoms with Gasteiger partial charge in [0.15, 0.2) is 0 Å². The van der Waals surface area contributed by atoms with Gasteiger partial charge in [0, 0.05) is 4.90 Å². The summed E-state index contributed by atoms with van der Waals surface area (Å²) in [5.74, 6) is -0.900. The van der Waals surface area contributed by atoms with Gasteiger partial charge < -0.3 is 10.2 Å². The number of benzene rings is 1. The van der Waals surface area contributed by atoms with E-state index in [1.807, 2.05) is 0 Å². The number of hydrogen-bond acceptors (Lipinski definition) is 3. The maximum atomic E-state index is 10.5. The monoisotopic (exact) mass is 212 g/mol. The smallest absolute Gasteiger partial charge is 0.307 e. The summed E-state index contributed by atoms with van der Waals surface area (Å²) in [5.41, 5.74) is 1.33. The first-order valence-electron chi connectivity index (χ1n) is 4.22. The number of carbonyl (C=O) groups is 1. The van der Waals surface area contributed by atoms with Crippen molar-refractivity contribution >= 4 is 18.6 Å². The Labute approximate surface area is 87.8 Å². The molecule has 0 saturated carbocycles. The molecule has 1 rings (SSSR count). The number of carboxylic acid groups (broad SMARTS) is 1. The average Bonchev–Trinajstić information content (AvgIpc) is 2.07. The fraction of sp³-hybridized carbons (Fsp3) is 0.300. The molecule has 1 atom stereocenters. The molecule has 3 nitrogen and oxygen atoms in total. The maximum absolute atomic E-state index is 10.5. The molecule has 0 aliphatic carbocycles. The van der Waals surface area contributed by atoms with Crippen LogP contribution >= 0.6 is 12.6 Å². The van der Waals surface area contributed by atoms with Crippen LogP contribution in [0.2, 0.25) is 0 Å². The largest absolute Gasteiger partial charge is 0.481 e. The molecule has 76 valence electrons. The third-order valence-electron chi connectivity index (χ3n) is 1.93. The van der Waals surface area contributed by atoms with Crippen molar-refractivity contribution in [3.8, 4) is 0 Å². The van der Waals surface area contributed by atoms with Gasteiger partial charge in [-0.3, -0.25) is 4.79 Å².